The van der Waals surface area contributed by atoms with E-state index in [2.05, 4.69) is 5.32 Å². The molecule has 0 aliphatic carbocycles. The van der Waals surface area contributed by atoms with Gasteiger partial charge in [-0.25, -0.2) is 4.39 Å². The molecule has 1 spiro atoms. The van der Waals surface area contributed by atoms with Gasteiger partial charge in [-0.1, -0.05) is 6.07 Å². The Labute approximate surface area is 94.8 Å². The van der Waals surface area contributed by atoms with E-state index >= 15 is 0 Å². The van der Waals surface area contributed by atoms with Gasteiger partial charge in [0, 0.05) is 0 Å². The monoisotopic (exact) mass is 221 g/mol. The lowest BCUT2D eigenvalue weighted by atomic mass is 9.86. The Morgan fingerprint density at radius 1 is 1.25 bits per heavy atom. The minimum absolute atomic E-state index is 0.146. The maximum Gasteiger partial charge on any atom is 0.123 e. The first-order chi connectivity index (χ1) is 7.80. The Hall–Kier alpha value is -0.930. The van der Waals surface area contributed by atoms with E-state index in [4.69, 9.17) is 4.74 Å². The van der Waals surface area contributed by atoms with Crippen LogP contribution in [0.15, 0.2) is 18.2 Å². The third-order valence-corrected chi connectivity index (χ3v) is 3.70. The molecule has 0 amide bonds. The normalized spacial score (nSPS) is 29.1. The molecule has 16 heavy (non-hydrogen) atoms. The highest BCUT2D eigenvalue weighted by molar-refractivity contribution is 5.36. The molecule has 3 heteroatoms. The molecule has 1 N–H and O–H groups in total. The standard InChI is InChI=1S/C13H16FNO/c14-11-2-3-12-10(8-11)9-16-13(12)4-1-6-15-7-5-13/h2-3,8,15H,1,4-7,9H2. The molecule has 1 aromatic rings. The molecular weight excluding hydrogens is 205 g/mol. The summed E-state index contributed by atoms with van der Waals surface area (Å²) < 4.78 is 19.1. The highest BCUT2D eigenvalue weighted by Crippen LogP contribution is 2.43. The van der Waals surface area contributed by atoms with Crippen molar-refractivity contribution in [1.29, 1.82) is 0 Å². The lowest BCUT2D eigenvalue weighted by Gasteiger charge is -2.27. The Bertz CT molecular complexity index is 397. The molecule has 1 fully saturated rings. The van der Waals surface area contributed by atoms with Crippen LogP contribution in [0.3, 0.4) is 0 Å². The van der Waals surface area contributed by atoms with Crippen molar-refractivity contribution in [2.75, 3.05) is 13.1 Å². The zero-order chi connectivity index (χ0) is 11.0. The molecule has 1 aromatic carbocycles. The molecule has 1 atom stereocenters. The zero-order valence-corrected chi connectivity index (χ0v) is 9.26. The Balaban J connectivity index is 2.00. The van der Waals surface area contributed by atoms with Crippen LogP contribution in [-0.2, 0) is 16.9 Å². The van der Waals surface area contributed by atoms with Gasteiger partial charge in [0.15, 0.2) is 0 Å². The van der Waals surface area contributed by atoms with E-state index in [1.54, 1.807) is 12.1 Å². The van der Waals surface area contributed by atoms with E-state index in [1.807, 2.05) is 6.07 Å². The van der Waals surface area contributed by atoms with Crippen LogP contribution in [0.1, 0.15) is 30.4 Å². The van der Waals surface area contributed by atoms with Crippen molar-refractivity contribution >= 4 is 0 Å². The minimum atomic E-state index is -0.161. The predicted octanol–water partition coefficient (Wildman–Crippen LogP) is 2.32. The van der Waals surface area contributed by atoms with Gasteiger partial charge in [0.2, 0.25) is 0 Å². The topological polar surface area (TPSA) is 21.3 Å². The van der Waals surface area contributed by atoms with E-state index in [9.17, 15) is 4.39 Å². The summed E-state index contributed by atoms with van der Waals surface area (Å²) in [7, 11) is 0. The lowest BCUT2D eigenvalue weighted by molar-refractivity contribution is -0.0469. The first kappa shape index (κ1) is 10.2. The maximum atomic E-state index is 13.1. The summed E-state index contributed by atoms with van der Waals surface area (Å²) in [5, 5.41) is 3.39. The van der Waals surface area contributed by atoms with E-state index in [-0.39, 0.29) is 11.4 Å². The van der Waals surface area contributed by atoms with E-state index < -0.39 is 0 Å². The van der Waals surface area contributed by atoms with Crippen molar-refractivity contribution in [3.8, 4) is 0 Å². The molecule has 1 unspecified atom stereocenters. The first-order valence-corrected chi connectivity index (χ1v) is 5.94. The van der Waals surface area contributed by atoms with Gasteiger partial charge in [-0.2, -0.15) is 0 Å². The van der Waals surface area contributed by atoms with Crippen molar-refractivity contribution in [3.05, 3.63) is 35.1 Å². The molecular formula is C13H16FNO. The lowest BCUT2D eigenvalue weighted by Crippen LogP contribution is -2.26. The quantitative estimate of drug-likeness (QED) is 0.726. The van der Waals surface area contributed by atoms with Crippen LogP contribution in [0.2, 0.25) is 0 Å². The van der Waals surface area contributed by atoms with Gasteiger partial charge in [-0.15, -0.1) is 0 Å². The van der Waals surface area contributed by atoms with Crippen LogP contribution in [0.4, 0.5) is 4.39 Å². The van der Waals surface area contributed by atoms with Gasteiger partial charge >= 0.3 is 0 Å². The number of fused-ring (bicyclic) bond motifs is 2. The van der Waals surface area contributed by atoms with Crippen LogP contribution < -0.4 is 5.32 Å². The molecule has 3 rings (SSSR count). The van der Waals surface area contributed by atoms with E-state index in [0.717, 1.165) is 37.9 Å². The molecule has 2 aliphatic rings. The van der Waals surface area contributed by atoms with Gasteiger partial charge in [0.1, 0.15) is 5.82 Å². The Morgan fingerprint density at radius 3 is 3.12 bits per heavy atom. The molecule has 0 radical (unpaired) electrons. The fourth-order valence-corrected chi connectivity index (χ4v) is 2.87. The highest BCUT2D eigenvalue weighted by atomic mass is 19.1. The van der Waals surface area contributed by atoms with Gasteiger partial charge in [0.25, 0.3) is 0 Å². The third-order valence-electron chi connectivity index (χ3n) is 3.70. The van der Waals surface area contributed by atoms with E-state index in [1.165, 1.54) is 5.56 Å². The summed E-state index contributed by atoms with van der Waals surface area (Å²) in [6.07, 6.45) is 3.15. The number of ether oxygens (including phenoxy) is 1. The first-order valence-electron chi connectivity index (χ1n) is 5.94. The Kier molecular flexibility index (Phi) is 2.45. The second-order valence-electron chi connectivity index (χ2n) is 4.69. The summed E-state index contributed by atoms with van der Waals surface area (Å²) in [6.45, 7) is 2.60. The fraction of sp³-hybridized carbons (Fsp3) is 0.538. The summed E-state index contributed by atoms with van der Waals surface area (Å²) in [5.41, 5.74) is 2.09. The van der Waals surface area contributed by atoms with E-state index in [0.29, 0.717) is 6.61 Å². The number of hydrogen-bond donors (Lipinski definition) is 1. The molecule has 2 nitrogen and oxygen atoms in total. The molecule has 0 aromatic heterocycles. The van der Waals surface area contributed by atoms with Crippen molar-refractivity contribution in [1.82, 2.24) is 5.32 Å². The largest absolute Gasteiger partial charge is 0.366 e. The average Bonchev–Trinajstić information content (AvgIpc) is 2.48. The summed E-state index contributed by atoms with van der Waals surface area (Å²) in [5.74, 6) is -0.161. The zero-order valence-electron chi connectivity index (χ0n) is 9.26. The third kappa shape index (κ3) is 1.55. The molecule has 0 bridgehead atoms. The van der Waals surface area contributed by atoms with Gasteiger partial charge < -0.3 is 10.1 Å². The van der Waals surface area contributed by atoms with Gasteiger partial charge in [-0.3, -0.25) is 0 Å². The van der Waals surface area contributed by atoms with Gasteiger partial charge in [0.05, 0.1) is 12.2 Å². The van der Waals surface area contributed by atoms with Crippen LogP contribution in [0.5, 0.6) is 0 Å². The van der Waals surface area contributed by atoms with Crippen molar-refractivity contribution in [3.63, 3.8) is 0 Å². The van der Waals surface area contributed by atoms with Gasteiger partial charge in [-0.05, 0) is 55.6 Å². The number of halogens is 1. The molecule has 86 valence electrons. The number of nitrogens with one attached hydrogen (secondary N) is 1. The predicted molar refractivity (Wildman–Crippen MR) is 59.6 cm³/mol. The smallest absolute Gasteiger partial charge is 0.123 e. The minimum Gasteiger partial charge on any atom is -0.366 e. The van der Waals surface area contributed by atoms with Crippen LogP contribution in [0.25, 0.3) is 0 Å². The van der Waals surface area contributed by atoms with Crippen molar-refractivity contribution < 1.29 is 9.13 Å². The number of rotatable bonds is 0. The molecule has 0 saturated carbocycles. The SMILES string of the molecule is Fc1ccc2c(c1)COC21CCCNCC1. The summed E-state index contributed by atoms with van der Waals surface area (Å²) >= 11 is 0. The van der Waals surface area contributed by atoms with Crippen molar-refractivity contribution in [2.45, 2.75) is 31.5 Å². The van der Waals surface area contributed by atoms with Crippen molar-refractivity contribution in [2.24, 2.45) is 0 Å². The van der Waals surface area contributed by atoms with Crippen LogP contribution in [0, 0.1) is 5.82 Å². The van der Waals surface area contributed by atoms with Crippen LogP contribution >= 0.6 is 0 Å². The molecule has 2 aliphatic heterocycles. The maximum absolute atomic E-state index is 13.1. The molecule has 1 saturated heterocycles. The second-order valence-corrected chi connectivity index (χ2v) is 4.69. The number of hydrogen-bond acceptors (Lipinski definition) is 2. The summed E-state index contributed by atoms with van der Waals surface area (Å²) in [6, 6.07) is 5.07. The Morgan fingerprint density at radius 2 is 2.19 bits per heavy atom. The number of benzene rings is 1. The summed E-state index contributed by atoms with van der Waals surface area (Å²) in [4.78, 5) is 0. The fourth-order valence-electron chi connectivity index (χ4n) is 2.87. The van der Waals surface area contributed by atoms with Crippen LogP contribution in [-0.4, -0.2) is 13.1 Å². The highest BCUT2D eigenvalue weighted by Gasteiger charge is 2.39. The average molecular weight is 221 g/mol. The molecule has 2 heterocycles. The second kappa shape index (κ2) is 3.82.